The van der Waals surface area contributed by atoms with Gasteiger partial charge >= 0.3 is 0 Å². The van der Waals surface area contributed by atoms with E-state index in [1.165, 1.54) is 40.1 Å². The standard InChI is InChI=1S/C50H68N2/c1-16-49(15)37-29-40-39(46(9,10)48(13,14)47(40,11)12)28-36(37)42-30-38-41(45(7,8)32-44(38,5)6)31-52(42)50(49,17-2)25-21-27-51-26-20-23-34(4)43(51)35-24-19-18-22-33(35)3/h18-20,22-24,26,28-31H,16-17,21,25,27,32H2,1-15H3/q+2. The summed E-state index contributed by atoms with van der Waals surface area (Å²) in [6.45, 7) is 38.1. The summed E-state index contributed by atoms with van der Waals surface area (Å²) < 4.78 is 5.40. The Balaban J connectivity index is 1.45. The van der Waals surface area contributed by atoms with Gasteiger partial charge in [0.15, 0.2) is 17.9 Å². The third kappa shape index (κ3) is 4.73. The zero-order valence-electron chi connectivity index (χ0n) is 35.5. The van der Waals surface area contributed by atoms with Gasteiger partial charge in [-0.25, -0.2) is 0 Å². The molecule has 0 saturated heterocycles. The van der Waals surface area contributed by atoms with E-state index in [-0.39, 0.29) is 38.0 Å². The molecule has 2 aromatic carbocycles. The monoisotopic (exact) mass is 697 g/mol. The van der Waals surface area contributed by atoms with Crippen LogP contribution in [-0.4, -0.2) is 0 Å². The molecule has 0 bridgehead atoms. The van der Waals surface area contributed by atoms with Crippen molar-refractivity contribution in [1.29, 1.82) is 0 Å². The first-order chi connectivity index (χ1) is 24.1. The van der Waals surface area contributed by atoms with Crippen molar-refractivity contribution in [2.45, 2.75) is 175 Å². The molecule has 0 amide bonds. The number of hydrogen-bond donors (Lipinski definition) is 0. The fraction of sp³-hybridized carbons (Fsp3) is 0.560. The van der Waals surface area contributed by atoms with Gasteiger partial charge in [-0.05, 0) is 107 Å². The van der Waals surface area contributed by atoms with Crippen molar-refractivity contribution in [3.8, 4) is 22.5 Å². The predicted octanol–water partition coefficient (Wildman–Crippen LogP) is 12.0. The Bertz CT molecular complexity index is 2090. The molecule has 2 aliphatic carbocycles. The average Bonchev–Trinajstić information content (AvgIpc) is 3.32. The van der Waals surface area contributed by atoms with Crippen LogP contribution in [0, 0.1) is 19.3 Å². The lowest BCUT2D eigenvalue weighted by Crippen LogP contribution is -2.69. The summed E-state index contributed by atoms with van der Waals surface area (Å²) >= 11 is 0. The van der Waals surface area contributed by atoms with Crippen molar-refractivity contribution >= 4 is 0 Å². The third-order valence-electron chi connectivity index (χ3n) is 16.4. The Morgan fingerprint density at radius 1 is 0.615 bits per heavy atom. The van der Waals surface area contributed by atoms with Gasteiger partial charge in [-0.15, -0.1) is 0 Å². The number of rotatable bonds is 7. The highest BCUT2D eigenvalue weighted by atomic mass is 15.1. The molecule has 52 heavy (non-hydrogen) atoms. The van der Waals surface area contributed by atoms with Gasteiger partial charge in [0.05, 0.1) is 11.0 Å². The summed E-state index contributed by atoms with van der Waals surface area (Å²) in [4.78, 5) is 0. The smallest absolute Gasteiger partial charge is 0.198 e. The quantitative estimate of drug-likeness (QED) is 0.170. The summed E-state index contributed by atoms with van der Waals surface area (Å²) in [5.41, 5.74) is 16.5. The molecule has 0 radical (unpaired) electrons. The number of hydrogen-bond acceptors (Lipinski definition) is 0. The molecule has 2 atom stereocenters. The number of pyridine rings is 2. The molecular formula is C50H68N2+2. The van der Waals surface area contributed by atoms with E-state index in [1.807, 2.05) is 0 Å². The Morgan fingerprint density at radius 2 is 1.23 bits per heavy atom. The second kappa shape index (κ2) is 11.6. The van der Waals surface area contributed by atoms with Crippen LogP contribution in [0.5, 0.6) is 0 Å². The number of aromatic nitrogens is 2. The predicted molar refractivity (Wildman–Crippen MR) is 219 cm³/mol. The van der Waals surface area contributed by atoms with Gasteiger partial charge in [0, 0.05) is 48.1 Å². The minimum Gasteiger partial charge on any atom is -0.198 e. The van der Waals surface area contributed by atoms with Gasteiger partial charge in [-0.2, -0.15) is 9.13 Å². The minimum absolute atomic E-state index is 0.0423. The molecule has 0 N–H and O–H groups in total. The molecule has 0 spiro atoms. The fourth-order valence-electron chi connectivity index (χ4n) is 12.0. The number of aryl methyl sites for hydroxylation is 3. The molecule has 3 aliphatic rings. The summed E-state index contributed by atoms with van der Waals surface area (Å²) in [6.07, 6.45) is 10.6. The molecule has 2 heteroatoms. The van der Waals surface area contributed by atoms with Crippen LogP contribution in [0.2, 0.25) is 0 Å². The van der Waals surface area contributed by atoms with E-state index in [4.69, 9.17) is 0 Å². The van der Waals surface area contributed by atoms with E-state index >= 15 is 0 Å². The van der Waals surface area contributed by atoms with Crippen LogP contribution in [-0.2, 0) is 39.2 Å². The van der Waals surface area contributed by atoms with Crippen LogP contribution < -0.4 is 9.13 Å². The molecule has 4 aromatic rings. The zero-order chi connectivity index (χ0) is 38.0. The van der Waals surface area contributed by atoms with Crippen LogP contribution in [0.25, 0.3) is 22.5 Å². The Kier molecular flexibility index (Phi) is 8.28. The average molecular weight is 697 g/mol. The van der Waals surface area contributed by atoms with Crippen molar-refractivity contribution in [1.82, 2.24) is 0 Å². The molecule has 0 saturated carbocycles. The molecule has 0 fully saturated rings. The van der Waals surface area contributed by atoms with Crippen molar-refractivity contribution < 1.29 is 9.13 Å². The Morgan fingerprint density at radius 3 is 1.87 bits per heavy atom. The molecule has 2 unspecified atom stereocenters. The normalized spacial score (nSPS) is 25.3. The van der Waals surface area contributed by atoms with Crippen molar-refractivity contribution in [3.63, 3.8) is 0 Å². The second-order valence-electron chi connectivity index (χ2n) is 20.3. The van der Waals surface area contributed by atoms with E-state index in [9.17, 15) is 0 Å². The maximum Gasteiger partial charge on any atom is 0.215 e. The SMILES string of the molecule is CCC1(C)c2cc3c(cc2-c2cc4c(c[n+]2C1(CC)CCC[n+]1cccc(C)c1-c1ccccc1C)C(C)(C)CC4(C)C)C(C)(C)C(C)(C)C3(C)C. The van der Waals surface area contributed by atoms with Crippen LogP contribution in [0.1, 0.15) is 161 Å². The summed E-state index contributed by atoms with van der Waals surface area (Å²) in [7, 11) is 0. The van der Waals surface area contributed by atoms with Crippen LogP contribution in [0.15, 0.2) is 67.0 Å². The molecule has 3 heterocycles. The lowest BCUT2D eigenvalue weighted by molar-refractivity contribution is -0.772. The summed E-state index contributed by atoms with van der Waals surface area (Å²) in [5.74, 6) is 0. The molecule has 2 aromatic heterocycles. The first-order valence-corrected chi connectivity index (χ1v) is 20.5. The number of benzene rings is 2. The Labute approximate surface area is 317 Å². The maximum absolute atomic E-state index is 2.86. The summed E-state index contributed by atoms with van der Waals surface area (Å²) in [5, 5.41) is 0. The van der Waals surface area contributed by atoms with Gasteiger partial charge in [0.2, 0.25) is 11.4 Å². The maximum atomic E-state index is 2.86. The topological polar surface area (TPSA) is 7.76 Å². The highest BCUT2D eigenvalue weighted by molar-refractivity contribution is 5.72. The van der Waals surface area contributed by atoms with Gasteiger partial charge in [-0.1, -0.05) is 107 Å². The van der Waals surface area contributed by atoms with Crippen LogP contribution >= 0.6 is 0 Å². The number of fused-ring (bicyclic) bond motifs is 5. The summed E-state index contributed by atoms with van der Waals surface area (Å²) in [6, 6.07) is 21.5. The van der Waals surface area contributed by atoms with Crippen molar-refractivity contribution in [2.75, 3.05) is 0 Å². The van der Waals surface area contributed by atoms with E-state index in [0.29, 0.717) is 0 Å². The van der Waals surface area contributed by atoms with E-state index in [2.05, 4.69) is 180 Å². The van der Waals surface area contributed by atoms with Crippen LogP contribution in [0.4, 0.5) is 0 Å². The highest BCUT2D eigenvalue weighted by Crippen LogP contribution is 2.64. The van der Waals surface area contributed by atoms with Gasteiger partial charge < -0.3 is 0 Å². The molecule has 2 nitrogen and oxygen atoms in total. The molecule has 1 aliphatic heterocycles. The van der Waals surface area contributed by atoms with E-state index < -0.39 is 0 Å². The molecule has 7 rings (SSSR count). The number of nitrogens with zero attached hydrogens (tertiary/aromatic N) is 2. The highest BCUT2D eigenvalue weighted by Gasteiger charge is 2.63. The lowest BCUT2D eigenvalue weighted by Gasteiger charge is -2.49. The lowest BCUT2D eigenvalue weighted by atomic mass is 9.57. The fourth-order valence-corrected chi connectivity index (χ4v) is 12.0. The first kappa shape index (κ1) is 37.1. The second-order valence-corrected chi connectivity index (χ2v) is 20.3. The zero-order valence-corrected chi connectivity index (χ0v) is 35.5. The van der Waals surface area contributed by atoms with Gasteiger partial charge in [0.25, 0.3) is 0 Å². The first-order valence-electron chi connectivity index (χ1n) is 20.5. The van der Waals surface area contributed by atoms with E-state index in [1.54, 1.807) is 27.8 Å². The van der Waals surface area contributed by atoms with Gasteiger partial charge in [-0.3, -0.25) is 0 Å². The van der Waals surface area contributed by atoms with Crippen LogP contribution in [0.3, 0.4) is 0 Å². The third-order valence-corrected chi connectivity index (χ3v) is 16.4. The largest absolute Gasteiger partial charge is 0.215 e. The van der Waals surface area contributed by atoms with E-state index in [0.717, 1.165) is 32.2 Å². The Hall–Kier alpha value is -3.26. The van der Waals surface area contributed by atoms with Crippen molar-refractivity contribution in [2.24, 2.45) is 5.41 Å². The molecular weight excluding hydrogens is 629 g/mol. The van der Waals surface area contributed by atoms with Gasteiger partial charge in [0.1, 0.15) is 6.54 Å². The molecule has 276 valence electrons. The minimum atomic E-state index is -0.0723. The van der Waals surface area contributed by atoms with Crippen molar-refractivity contribution in [3.05, 3.63) is 106 Å².